The maximum absolute atomic E-state index is 6.45. The summed E-state index contributed by atoms with van der Waals surface area (Å²) in [6.07, 6.45) is 11.3. The van der Waals surface area contributed by atoms with Crippen LogP contribution >= 0.6 is 0 Å². The first-order valence-electron chi connectivity index (χ1n) is 12.4. The van der Waals surface area contributed by atoms with Gasteiger partial charge in [-0.05, 0) is 115 Å². The molecular formula is C27H38O2. The van der Waals surface area contributed by atoms with Gasteiger partial charge >= 0.3 is 0 Å². The van der Waals surface area contributed by atoms with Gasteiger partial charge < -0.3 is 9.47 Å². The minimum absolute atomic E-state index is 0.0971. The SMILES string of the molecule is CCC(C)c1ccc(OC(CC23CC4CC5C6CC(CC52)CC3C6C4)OC)cc1. The van der Waals surface area contributed by atoms with Gasteiger partial charge in [-0.3, -0.25) is 0 Å². The lowest BCUT2D eigenvalue weighted by atomic mass is 9.30. The topological polar surface area (TPSA) is 18.5 Å². The molecule has 1 aromatic carbocycles. The summed E-state index contributed by atoms with van der Waals surface area (Å²) >= 11 is 0. The molecule has 7 aliphatic rings. The van der Waals surface area contributed by atoms with E-state index >= 15 is 0 Å². The highest BCUT2D eigenvalue weighted by Crippen LogP contribution is 2.77. The monoisotopic (exact) mass is 394 g/mol. The second-order valence-electron chi connectivity index (χ2n) is 11.4. The molecule has 0 spiro atoms. The third-order valence-electron chi connectivity index (χ3n) is 10.4. The molecule has 0 amide bonds. The van der Waals surface area contributed by atoms with E-state index in [2.05, 4.69) is 38.1 Å². The predicted octanol–water partition coefficient (Wildman–Crippen LogP) is 6.65. The lowest BCUT2D eigenvalue weighted by Gasteiger charge is -2.75. The molecule has 0 aliphatic heterocycles. The quantitative estimate of drug-likeness (QED) is 0.482. The number of methoxy groups -OCH3 is 1. The van der Waals surface area contributed by atoms with Crippen LogP contribution in [0.3, 0.4) is 0 Å². The summed E-state index contributed by atoms with van der Waals surface area (Å²) in [4.78, 5) is 0. The van der Waals surface area contributed by atoms with Crippen LogP contribution in [-0.4, -0.2) is 13.4 Å². The van der Waals surface area contributed by atoms with E-state index in [0.29, 0.717) is 11.3 Å². The predicted molar refractivity (Wildman–Crippen MR) is 116 cm³/mol. The minimum Gasteiger partial charge on any atom is -0.465 e. The normalized spacial score (nSPS) is 45.6. The van der Waals surface area contributed by atoms with Gasteiger partial charge in [-0.25, -0.2) is 0 Å². The molecule has 2 nitrogen and oxygen atoms in total. The van der Waals surface area contributed by atoms with Gasteiger partial charge in [0.15, 0.2) is 6.29 Å². The Bertz CT molecular complexity index is 730. The van der Waals surface area contributed by atoms with Gasteiger partial charge in [-0.1, -0.05) is 26.0 Å². The van der Waals surface area contributed by atoms with Crippen LogP contribution in [0.25, 0.3) is 0 Å². The molecule has 0 heterocycles. The Morgan fingerprint density at radius 2 is 1.59 bits per heavy atom. The summed E-state index contributed by atoms with van der Waals surface area (Å²) < 4.78 is 12.4. The van der Waals surface area contributed by atoms with E-state index in [1.807, 2.05) is 7.11 Å². The Hall–Kier alpha value is -1.02. The summed E-state index contributed by atoms with van der Waals surface area (Å²) in [7, 11) is 1.85. The smallest absolute Gasteiger partial charge is 0.200 e. The molecule has 1 aromatic rings. The first-order valence-corrected chi connectivity index (χ1v) is 12.4. The van der Waals surface area contributed by atoms with Crippen molar-refractivity contribution in [2.45, 2.75) is 77.4 Å². The van der Waals surface area contributed by atoms with Crippen LogP contribution < -0.4 is 4.74 Å². The van der Waals surface area contributed by atoms with Crippen molar-refractivity contribution in [2.75, 3.05) is 7.11 Å². The number of hydrogen-bond donors (Lipinski definition) is 0. The average molecular weight is 395 g/mol. The maximum atomic E-state index is 6.45. The summed E-state index contributed by atoms with van der Waals surface area (Å²) in [5.74, 6) is 8.70. The van der Waals surface area contributed by atoms with E-state index in [4.69, 9.17) is 9.47 Å². The van der Waals surface area contributed by atoms with Crippen molar-refractivity contribution in [3.8, 4) is 5.75 Å². The Balaban J connectivity index is 1.23. The van der Waals surface area contributed by atoms with Crippen molar-refractivity contribution >= 4 is 0 Å². The van der Waals surface area contributed by atoms with Crippen LogP contribution in [0.4, 0.5) is 0 Å². The molecule has 7 fully saturated rings. The van der Waals surface area contributed by atoms with Gasteiger partial charge in [0.2, 0.25) is 0 Å². The molecular weight excluding hydrogens is 356 g/mol. The van der Waals surface area contributed by atoms with Crippen molar-refractivity contribution in [3.05, 3.63) is 29.8 Å². The molecule has 0 radical (unpaired) electrons. The summed E-state index contributed by atoms with van der Waals surface area (Å²) in [6, 6.07) is 8.79. The third kappa shape index (κ3) is 2.70. The zero-order valence-corrected chi connectivity index (χ0v) is 18.5. The maximum Gasteiger partial charge on any atom is 0.200 e. The van der Waals surface area contributed by atoms with E-state index in [9.17, 15) is 0 Å². The van der Waals surface area contributed by atoms with Gasteiger partial charge in [0.05, 0.1) is 0 Å². The number of ether oxygens (including phenoxy) is 2. The Labute approximate surface area is 176 Å². The fraction of sp³-hybridized carbons (Fsp3) is 0.778. The average Bonchev–Trinajstić information content (AvgIpc) is 2.76. The zero-order chi connectivity index (χ0) is 19.8. The second kappa shape index (κ2) is 6.74. The number of rotatable bonds is 7. The molecule has 0 N–H and O–H groups in total. The van der Waals surface area contributed by atoms with E-state index in [1.54, 1.807) is 19.3 Å². The van der Waals surface area contributed by atoms with E-state index < -0.39 is 0 Å². The summed E-state index contributed by atoms with van der Waals surface area (Å²) in [5, 5.41) is 0. The molecule has 0 aromatic heterocycles. The molecule has 158 valence electrons. The Morgan fingerprint density at radius 3 is 2.21 bits per heavy atom. The summed E-state index contributed by atoms with van der Waals surface area (Å²) in [6.45, 7) is 4.55. The Kier molecular flexibility index (Phi) is 4.35. The van der Waals surface area contributed by atoms with Crippen LogP contribution in [0, 0.1) is 46.8 Å². The standard InChI is InChI=1S/C27H38O2/c1-4-16(2)19-5-7-20(8-6-19)29-26(28-3)15-27-14-18-10-22-21-9-17(12-24(22)27)13-25(27)23(21)11-18/h5-8,16-18,21-26H,4,9-15H2,1-3H3. The largest absolute Gasteiger partial charge is 0.465 e. The lowest BCUT2D eigenvalue weighted by molar-refractivity contribution is -0.272. The number of benzene rings is 1. The van der Waals surface area contributed by atoms with Gasteiger partial charge in [-0.2, -0.15) is 0 Å². The number of hydrogen-bond acceptors (Lipinski definition) is 2. The third-order valence-corrected chi connectivity index (χ3v) is 10.4. The van der Waals surface area contributed by atoms with E-state index in [0.717, 1.165) is 53.6 Å². The molecule has 0 saturated heterocycles. The van der Waals surface area contributed by atoms with Gasteiger partial charge in [0.1, 0.15) is 5.75 Å². The van der Waals surface area contributed by atoms with Gasteiger partial charge in [-0.15, -0.1) is 0 Å². The fourth-order valence-corrected chi connectivity index (χ4v) is 9.29. The van der Waals surface area contributed by atoms with Crippen molar-refractivity contribution in [3.63, 3.8) is 0 Å². The van der Waals surface area contributed by atoms with E-state index in [-0.39, 0.29) is 6.29 Å². The second-order valence-corrected chi connectivity index (χ2v) is 11.4. The van der Waals surface area contributed by atoms with Crippen molar-refractivity contribution in [2.24, 2.45) is 46.8 Å². The van der Waals surface area contributed by atoms with E-state index in [1.165, 1.54) is 31.2 Å². The van der Waals surface area contributed by atoms with Crippen LogP contribution in [0.15, 0.2) is 24.3 Å². The van der Waals surface area contributed by atoms with Crippen molar-refractivity contribution < 1.29 is 9.47 Å². The fourth-order valence-electron chi connectivity index (χ4n) is 9.29. The highest BCUT2D eigenvalue weighted by molar-refractivity contribution is 5.29. The van der Waals surface area contributed by atoms with Crippen LogP contribution in [0.5, 0.6) is 5.75 Å². The highest BCUT2D eigenvalue weighted by Gasteiger charge is 2.70. The molecule has 29 heavy (non-hydrogen) atoms. The van der Waals surface area contributed by atoms with Crippen LogP contribution in [-0.2, 0) is 4.74 Å². The van der Waals surface area contributed by atoms with Crippen LogP contribution in [0.2, 0.25) is 0 Å². The van der Waals surface area contributed by atoms with Crippen molar-refractivity contribution in [1.82, 2.24) is 0 Å². The summed E-state index contributed by atoms with van der Waals surface area (Å²) in [5.41, 5.74) is 1.92. The van der Waals surface area contributed by atoms with Crippen LogP contribution in [0.1, 0.15) is 76.7 Å². The molecule has 2 heteroatoms. The molecule has 7 aliphatic carbocycles. The highest BCUT2D eigenvalue weighted by atomic mass is 16.7. The lowest BCUT2D eigenvalue weighted by Crippen LogP contribution is -2.68. The first kappa shape index (κ1) is 18.7. The molecule has 8 rings (SSSR count). The molecule has 6 unspecified atom stereocenters. The van der Waals surface area contributed by atoms with Gasteiger partial charge in [0.25, 0.3) is 0 Å². The molecule has 7 saturated carbocycles. The first-order chi connectivity index (χ1) is 14.1. The zero-order valence-electron chi connectivity index (χ0n) is 18.5. The molecule has 8 bridgehead atoms. The minimum atomic E-state index is -0.0971. The Morgan fingerprint density at radius 1 is 0.931 bits per heavy atom. The van der Waals surface area contributed by atoms with Gasteiger partial charge in [0, 0.05) is 13.5 Å². The molecule has 6 atom stereocenters. The van der Waals surface area contributed by atoms with Crippen molar-refractivity contribution in [1.29, 1.82) is 0 Å².